The van der Waals surface area contributed by atoms with Gasteiger partial charge >= 0.3 is 0 Å². The number of aromatic nitrogens is 4. The van der Waals surface area contributed by atoms with Crippen molar-refractivity contribution in [1.29, 1.82) is 0 Å². The Kier molecular flexibility index (Phi) is 4.69. The van der Waals surface area contributed by atoms with Crippen LogP contribution in [0, 0.1) is 0 Å². The summed E-state index contributed by atoms with van der Waals surface area (Å²) in [6, 6.07) is 16.8. The number of nitrogens with one attached hydrogen (secondary N) is 1. The van der Waals surface area contributed by atoms with Crippen molar-refractivity contribution in [1.82, 2.24) is 19.5 Å². The van der Waals surface area contributed by atoms with Crippen LogP contribution in [0.25, 0.3) is 26.8 Å². The van der Waals surface area contributed by atoms with Gasteiger partial charge in [0.1, 0.15) is 16.7 Å². The average Bonchev–Trinajstić information content (AvgIpc) is 3.24. The standard InChI is InChI=1S/C22H16ClN5OS/c1-13(27-20-19-21(25-11-24-20)30-12-26-19)17-10-14-6-5-9-16(23)18(14)22(29)28(17)15-7-3-2-4-8-15/h2-13H,1H3,(H,24,25,27). The minimum atomic E-state index is -0.235. The molecule has 1 atom stereocenters. The van der Waals surface area contributed by atoms with E-state index in [-0.39, 0.29) is 11.6 Å². The molecular weight excluding hydrogens is 418 g/mol. The fourth-order valence-corrected chi connectivity index (χ4v) is 4.47. The van der Waals surface area contributed by atoms with Gasteiger partial charge in [-0.15, -0.1) is 11.3 Å². The van der Waals surface area contributed by atoms with E-state index in [2.05, 4.69) is 20.3 Å². The van der Waals surface area contributed by atoms with E-state index < -0.39 is 0 Å². The summed E-state index contributed by atoms with van der Waals surface area (Å²) in [5.74, 6) is 0.631. The second-order valence-corrected chi connectivity index (χ2v) is 8.08. The highest BCUT2D eigenvalue weighted by molar-refractivity contribution is 7.16. The van der Waals surface area contributed by atoms with Crippen LogP contribution >= 0.6 is 22.9 Å². The van der Waals surface area contributed by atoms with Gasteiger partial charge in [0.25, 0.3) is 5.56 Å². The third kappa shape index (κ3) is 3.12. The van der Waals surface area contributed by atoms with Crippen molar-refractivity contribution in [2.45, 2.75) is 13.0 Å². The van der Waals surface area contributed by atoms with E-state index in [1.165, 1.54) is 17.7 Å². The second kappa shape index (κ2) is 7.51. The summed E-state index contributed by atoms with van der Waals surface area (Å²) in [6.07, 6.45) is 1.51. The summed E-state index contributed by atoms with van der Waals surface area (Å²) in [4.78, 5) is 27.3. The lowest BCUT2D eigenvalue weighted by molar-refractivity contribution is 0.774. The van der Waals surface area contributed by atoms with Crippen LogP contribution in [0.2, 0.25) is 5.02 Å². The molecule has 0 saturated carbocycles. The van der Waals surface area contributed by atoms with E-state index in [9.17, 15) is 4.79 Å². The molecule has 5 aromatic rings. The largest absolute Gasteiger partial charge is 0.360 e. The van der Waals surface area contributed by atoms with Crippen LogP contribution in [0.1, 0.15) is 18.7 Å². The first-order valence-electron chi connectivity index (χ1n) is 9.34. The summed E-state index contributed by atoms with van der Waals surface area (Å²) >= 11 is 7.84. The predicted molar refractivity (Wildman–Crippen MR) is 122 cm³/mol. The zero-order chi connectivity index (χ0) is 20.7. The number of rotatable bonds is 4. The smallest absolute Gasteiger partial charge is 0.264 e. The second-order valence-electron chi connectivity index (χ2n) is 6.84. The number of nitrogens with zero attached hydrogens (tertiary/aromatic N) is 4. The first kappa shape index (κ1) is 18.7. The van der Waals surface area contributed by atoms with Crippen molar-refractivity contribution in [3.05, 3.63) is 87.5 Å². The fourth-order valence-electron chi connectivity index (χ4n) is 3.58. The lowest BCUT2D eigenvalue weighted by Crippen LogP contribution is -2.25. The molecule has 30 heavy (non-hydrogen) atoms. The molecule has 0 aliphatic heterocycles. The average molecular weight is 434 g/mol. The molecule has 0 fully saturated rings. The zero-order valence-corrected chi connectivity index (χ0v) is 17.5. The Morgan fingerprint density at radius 3 is 2.73 bits per heavy atom. The van der Waals surface area contributed by atoms with Crippen LogP contribution in [0.15, 0.2) is 71.2 Å². The van der Waals surface area contributed by atoms with Gasteiger partial charge in [0.15, 0.2) is 5.82 Å². The highest BCUT2D eigenvalue weighted by Gasteiger charge is 2.19. The van der Waals surface area contributed by atoms with Crippen molar-refractivity contribution in [2.24, 2.45) is 0 Å². The van der Waals surface area contributed by atoms with Gasteiger partial charge in [0.2, 0.25) is 0 Å². The Balaban J connectivity index is 1.71. The van der Waals surface area contributed by atoms with Gasteiger partial charge in [0, 0.05) is 11.4 Å². The molecule has 1 N–H and O–H groups in total. The van der Waals surface area contributed by atoms with E-state index in [4.69, 9.17) is 11.6 Å². The van der Waals surface area contributed by atoms with Gasteiger partial charge < -0.3 is 5.32 Å². The Bertz CT molecular complexity index is 1430. The highest BCUT2D eigenvalue weighted by atomic mass is 35.5. The van der Waals surface area contributed by atoms with Crippen molar-refractivity contribution >= 4 is 49.9 Å². The number of para-hydroxylation sites is 1. The summed E-state index contributed by atoms with van der Waals surface area (Å²) in [5.41, 5.74) is 3.87. The lowest BCUT2D eigenvalue weighted by atomic mass is 10.1. The van der Waals surface area contributed by atoms with Crippen LogP contribution in [0.4, 0.5) is 5.82 Å². The van der Waals surface area contributed by atoms with Gasteiger partial charge in [-0.2, -0.15) is 0 Å². The Morgan fingerprint density at radius 1 is 1.07 bits per heavy atom. The molecule has 6 nitrogen and oxygen atoms in total. The van der Waals surface area contributed by atoms with E-state index >= 15 is 0 Å². The van der Waals surface area contributed by atoms with Crippen molar-refractivity contribution in [3.8, 4) is 5.69 Å². The maximum atomic E-state index is 13.5. The van der Waals surface area contributed by atoms with Crippen molar-refractivity contribution < 1.29 is 0 Å². The van der Waals surface area contributed by atoms with Crippen LogP contribution in [-0.4, -0.2) is 19.5 Å². The van der Waals surface area contributed by atoms with Crippen LogP contribution in [-0.2, 0) is 0 Å². The number of fused-ring (bicyclic) bond motifs is 2. The normalized spacial score (nSPS) is 12.3. The number of hydrogen-bond donors (Lipinski definition) is 1. The summed E-state index contributed by atoms with van der Waals surface area (Å²) in [7, 11) is 0. The lowest BCUT2D eigenvalue weighted by Gasteiger charge is -2.21. The molecular formula is C22H16ClN5OS. The van der Waals surface area contributed by atoms with Crippen molar-refractivity contribution in [3.63, 3.8) is 0 Å². The number of hydrogen-bond acceptors (Lipinski definition) is 6. The molecule has 0 saturated heterocycles. The molecule has 1 unspecified atom stereocenters. The molecule has 148 valence electrons. The first-order chi connectivity index (χ1) is 14.6. The molecule has 5 rings (SSSR count). The monoisotopic (exact) mass is 433 g/mol. The molecule has 8 heteroatoms. The van der Waals surface area contributed by atoms with Gasteiger partial charge in [-0.25, -0.2) is 15.0 Å². The Morgan fingerprint density at radius 2 is 1.90 bits per heavy atom. The zero-order valence-electron chi connectivity index (χ0n) is 15.9. The molecule has 3 heterocycles. The van der Waals surface area contributed by atoms with E-state index in [0.29, 0.717) is 21.7 Å². The van der Waals surface area contributed by atoms with Crippen LogP contribution in [0.3, 0.4) is 0 Å². The fraction of sp³-hybridized carbons (Fsp3) is 0.0909. The number of benzene rings is 2. The topological polar surface area (TPSA) is 72.7 Å². The van der Waals surface area contributed by atoms with Gasteiger partial charge in [-0.3, -0.25) is 9.36 Å². The molecule has 0 bridgehead atoms. The van der Waals surface area contributed by atoms with Gasteiger partial charge in [-0.05, 0) is 36.6 Å². The Hall–Kier alpha value is -3.29. The summed E-state index contributed by atoms with van der Waals surface area (Å²) in [5, 5.41) is 5.14. The quantitative estimate of drug-likeness (QED) is 0.420. The van der Waals surface area contributed by atoms with Crippen LogP contribution in [0.5, 0.6) is 0 Å². The van der Waals surface area contributed by atoms with Gasteiger partial charge in [0.05, 0.1) is 22.0 Å². The molecule has 0 aliphatic rings. The first-order valence-corrected chi connectivity index (χ1v) is 10.6. The molecule has 0 spiro atoms. The van der Waals surface area contributed by atoms with E-state index in [0.717, 1.165) is 21.6 Å². The molecule has 2 aromatic carbocycles. The molecule has 0 radical (unpaired) electrons. The third-order valence-electron chi connectivity index (χ3n) is 4.97. The van der Waals surface area contributed by atoms with Crippen LogP contribution < -0.4 is 10.9 Å². The minimum absolute atomic E-state index is 0.158. The number of pyridine rings is 1. The Labute approximate surface area is 180 Å². The highest BCUT2D eigenvalue weighted by Crippen LogP contribution is 2.28. The number of thiazole rings is 1. The van der Waals surface area contributed by atoms with Crippen molar-refractivity contribution in [2.75, 3.05) is 5.32 Å². The predicted octanol–water partition coefficient (Wildman–Crippen LogP) is 5.22. The SMILES string of the molecule is CC(Nc1ncnc2scnc12)c1cc2cccc(Cl)c2c(=O)n1-c1ccccc1. The number of anilines is 1. The van der Waals surface area contributed by atoms with Gasteiger partial charge in [-0.1, -0.05) is 41.9 Å². The molecule has 0 aliphatic carbocycles. The maximum absolute atomic E-state index is 13.5. The molecule has 3 aromatic heterocycles. The minimum Gasteiger partial charge on any atom is -0.360 e. The maximum Gasteiger partial charge on any atom is 0.264 e. The number of halogens is 1. The summed E-state index contributed by atoms with van der Waals surface area (Å²) in [6.45, 7) is 1.99. The summed E-state index contributed by atoms with van der Waals surface area (Å²) < 4.78 is 1.70. The third-order valence-corrected chi connectivity index (χ3v) is 6.02. The van der Waals surface area contributed by atoms with E-state index in [1.807, 2.05) is 55.5 Å². The van der Waals surface area contributed by atoms with E-state index in [1.54, 1.807) is 16.1 Å². The molecule has 0 amide bonds.